The highest BCUT2D eigenvalue weighted by Gasteiger charge is 2.33. The third-order valence-electron chi connectivity index (χ3n) is 3.71. The van der Waals surface area contributed by atoms with Crippen molar-refractivity contribution in [3.8, 4) is 0 Å². The van der Waals surface area contributed by atoms with Gasteiger partial charge in [-0.1, -0.05) is 11.3 Å². The third-order valence-corrected chi connectivity index (χ3v) is 4.71. The van der Waals surface area contributed by atoms with Gasteiger partial charge in [-0.25, -0.2) is 0 Å². The molecule has 1 amide bonds. The molecule has 2 fully saturated rings. The van der Waals surface area contributed by atoms with Crippen molar-refractivity contribution >= 4 is 28.8 Å². The van der Waals surface area contributed by atoms with Crippen LogP contribution in [0.1, 0.15) is 24.3 Å². The molecule has 2 unspecified atom stereocenters. The van der Waals surface area contributed by atoms with Crippen molar-refractivity contribution in [3.05, 3.63) is 9.47 Å². The number of nitrogens with zero attached hydrogens (tertiary/aromatic N) is 3. The number of carbonyl (C=O) groups is 1. The number of aromatic nitrogens is 2. The number of rotatable bonds is 2. The number of hydrogen-bond donors (Lipinski definition) is 1. The van der Waals surface area contributed by atoms with Crippen LogP contribution in [0.2, 0.25) is 4.47 Å². The molecule has 0 radical (unpaired) electrons. The van der Waals surface area contributed by atoms with Gasteiger partial charge in [-0.15, -0.1) is 10.2 Å². The molecular formula is C11H15ClN4OS. The van der Waals surface area contributed by atoms with E-state index in [1.165, 1.54) is 11.3 Å². The van der Waals surface area contributed by atoms with Crippen LogP contribution in [0, 0.1) is 5.92 Å². The molecule has 1 aromatic heterocycles. The molecule has 2 atom stereocenters. The predicted octanol–water partition coefficient (Wildman–Crippen LogP) is 1.29. The van der Waals surface area contributed by atoms with Crippen molar-refractivity contribution < 1.29 is 4.79 Å². The molecule has 0 saturated carbocycles. The first-order chi connectivity index (χ1) is 8.70. The molecular weight excluding hydrogens is 272 g/mol. The van der Waals surface area contributed by atoms with Crippen molar-refractivity contribution in [1.82, 2.24) is 20.4 Å². The highest BCUT2D eigenvalue weighted by Crippen LogP contribution is 2.27. The van der Waals surface area contributed by atoms with E-state index in [4.69, 9.17) is 11.6 Å². The van der Waals surface area contributed by atoms with E-state index >= 15 is 0 Å². The Hall–Kier alpha value is -0.720. The lowest BCUT2D eigenvalue weighted by molar-refractivity contribution is -0.125. The zero-order valence-electron chi connectivity index (χ0n) is 9.93. The van der Waals surface area contributed by atoms with Crippen LogP contribution >= 0.6 is 22.9 Å². The second kappa shape index (κ2) is 5.11. The van der Waals surface area contributed by atoms with Crippen LogP contribution in [0.5, 0.6) is 0 Å². The van der Waals surface area contributed by atoms with Gasteiger partial charge >= 0.3 is 0 Å². The van der Waals surface area contributed by atoms with Crippen LogP contribution < -0.4 is 5.32 Å². The van der Waals surface area contributed by atoms with Crippen molar-refractivity contribution in [2.24, 2.45) is 5.92 Å². The van der Waals surface area contributed by atoms with Gasteiger partial charge in [0.1, 0.15) is 5.01 Å². The summed E-state index contributed by atoms with van der Waals surface area (Å²) in [6.45, 7) is 2.85. The van der Waals surface area contributed by atoms with Gasteiger partial charge in [-0.3, -0.25) is 9.69 Å². The van der Waals surface area contributed by atoms with E-state index in [9.17, 15) is 4.79 Å². The summed E-state index contributed by atoms with van der Waals surface area (Å²) in [5, 5.41) is 11.9. The normalized spacial score (nSPS) is 28.8. The average Bonchev–Trinajstić information content (AvgIpc) is 2.75. The van der Waals surface area contributed by atoms with Crippen LogP contribution in [0.4, 0.5) is 0 Å². The monoisotopic (exact) mass is 286 g/mol. The maximum Gasteiger partial charge on any atom is 0.220 e. The first kappa shape index (κ1) is 12.3. The Bertz CT molecular complexity index is 452. The number of amides is 1. The topological polar surface area (TPSA) is 58.1 Å². The fraction of sp³-hybridized carbons (Fsp3) is 0.727. The average molecular weight is 287 g/mol. The van der Waals surface area contributed by atoms with Gasteiger partial charge in [0, 0.05) is 25.6 Å². The van der Waals surface area contributed by atoms with Gasteiger partial charge in [-0.2, -0.15) is 0 Å². The Morgan fingerprint density at radius 1 is 1.44 bits per heavy atom. The van der Waals surface area contributed by atoms with Crippen molar-refractivity contribution in [2.75, 3.05) is 13.1 Å². The molecule has 2 saturated heterocycles. The molecule has 7 heteroatoms. The zero-order valence-corrected chi connectivity index (χ0v) is 11.5. The molecule has 3 rings (SSSR count). The van der Waals surface area contributed by atoms with E-state index in [1.807, 2.05) is 0 Å². The Balaban J connectivity index is 1.59. The van der Waals surface area contributed by atoms with Crippen LogP contribution in [0.25, 0.3) is 0 Å². The molecule has 0 aliphatic carbocycles. The summed E-state index contributed by atoms with van der Waals surface area (Å²) in [5.41, 5.74) is 0. The van der Waals surface area contributed by atoms with E-state index < -0.39 is 0 Å². The fourth-order valence-electron chi connectivity index (χ4n) is 2.82. The number of hydrogen-bond acceptors (Lipinski definition) is 5. The Morgan fingerprint density at radius 2 is 2.33 bits per heavy atom. The molecule has 2 aliphatic rings. The van der Waals surface area contributed by atoms with E-state index in [1.54, 1.807) is 0 Å². The Morgan fingerprint density at radius 3 is 3.11 bits per heavy atom. The molecule has 2 aliphatic heterocycles. The first-order valence-corrected chi connectivity index (χ1v) is 7.40. The molecule has 3 heterocycles. The van der Waals surface area contributed by atoms with Crippen LogP contribution in [-0.2, 0) is 11.3 Å². The second-order valence-electron chi connectivity index (χ2n) is 4.95. The number of likely N-dealkylation sites (tertiary alicyclic amines) is 1. The maximum absolute atomic E-state index is 11.3. The number of piperidine rings is 2. The minimum absolute atomic E-state index is 0.209. The number of fused-ring (bicyclic) bond motifs is 1. The quantitative estimate of drug-likeness (QED) is 0.890. The van der Waals surface area contributed by atoms with Gasteiger partial charge in [0.15, 0.2) is 0 Å². The van der Waals surface area contributed by atoms with Gasteiger partial charge < -0.3 is 5.32 Å². The summed E-state index contributed by atoms with van der Waals surface area (Å²) in [7, 11) is 0. The van der Waals surface area contributed by atoms with Gasteiger partial charge in [0.25, 0.3) is 0 Å². The SMILES string of the molecule is O=C1CCC2CN(Cc3nnc(Cl)s3)CCC2N1. The zero-order chi connectivity index (χ0) is 12.5. The number of carbonyl (C=O) groups excluding carboxylic acids is 1. The fourth-order valence-corrected chi connectivity index (χ4v) is 3.73. The molecule has 0 bridgehead atoms. The highest BCUT2D eigenvalue weighted by molar-refractivity contribution is 7.15. The standard InChI is InChI=1S/C11H15ClN4OS/c12-11-15-14-10(18-11)6-16-4-3-8-7(5-16)1-2-9(17)13-8/h7-8H,1-6H2,(H,13,17). The summed E-state index contributed by atoms with van der Waals surface area (Å²) >= 11 is 7.23. The van der Waals surface area contributed by atoms with Crippen LogP contribution in [-0.4, -0.2) is 40.1 Å². The lowest BCUT2D eigenvalue weighted by Crippen LogP contribution is -2.53. The third kappa shape index (κ3) is 2.65. The molecule has 1 N–H and O–H groups in total. The molecule has 18 heavy (non-hydrogen) atoms. The predicted molar refractivity (Wildman–Crippen MR) is 69.5 cm³/mol. The maximum atomic E-state index is 11.3. The summed E-state index contributed by atoms with van der Waals surface area (Å²) in [6, 6.07) is 0.375. The van der Waals surface area contributed by atoms with Crippen molar-refractivity contribution in [3.63, 3.8) is 0 Å². The largest absolute Gasteiger partial charge is 0.353 e. The number of nitrogens with one attached hydrogen (secondary N) is 1. The Labute approximate surface area is 115 Å². The highest BCUT2D eigenvalue weighted by atomic mass is 35.5. The smallest absolute Gasteiger partial charge is 0.220 e. The summed E-state index contributed by atoms with van der Waals surface area (Å²) in [6.07, 6.45) is 2.70. The minimum atomic E-state index is 0.209. The lowest BCUT2D eigenvalue weighted by Gasteiger charge is -2.41. The Kier molecular flexibility index (Phi) is 3.50. The van der Waals surface area contributed by atoms with E-state index in [0.29, 0.717) is 22.8 Å². The lowest BCUT2D eigenvalue weighted by atomic mass is 9.85. The molecule has 1 aromatic rings. The van der Waals surface area contributed by atoms with Gasteiger partial charge in [0.2, 0.25) is 10.4 Å². The van der Waals surface area contributed by atoms with Crippen LogP contribution in [0.3, 0.4) is 0 Å². The summed E-state index contributed by atoms with van der Waals surface area (Å²) < 4.78 is 0.504. The molecule has 5 nitrogen and oxygen atoms in total. The van der Waals surface area contributed by atoms with E-state index in [2.05, 4.69) is 20.4 Å². The van der Waals surface area contributed by atoms with Crippen molar-refractivity contribution in [2.45, 2.75) is 31.8 Å². The second-order valence-corrected chi connectivity index (χ2v) is 6.59. The molecule has 98 valence electrons. The summed E-state index contributed by atoms with van der Waals surface area (Å²) in [5.74, 6) is 0.792. The van der Waals surface area contributed by atoms with E-state index in [-0.39, 0.29) is 5.91 Å². The summed E-state index contributed by atoms with van der Waals surface area (Å²) in [4.78, 5) is 13.7. The minimum Gasteiger partial charge on any atom is -0.353 e. The molecule has 0 aromatic carbocycles. The van der Waals surface area contributed by atoms with E-state index in [0.717, 1.165) is 37.5 Å². The number of halogens is 1. The first-order valence-electron chi connectivity index (χ1n) is 6.20. The van der Waals surface area contributed by atoms with Gasteiger partial charge in [0.05, 0.1) is 6.54 Å². The molecule has 0 spiro atoms. The van der Waals surface area contributed by atoms with Crippen LogP contribution in [0.15, 0.2) is 0 Å². The van der Waals surface area contributed by atoms with Crippen molar-refractivity contribution in [1.29, 1.82) is 0 Å². The van der Waals surface area contributed by atoms with Gasteiger partial charge in [-0.05, 0) is 30.4 Å².